The van der Waals surface area contributed by atoms with Gasteiger partial charge in [0.2, 0.25) is 23.3 Å². The van der Waals surface area contributed by atoms with Gasteiger partial charge in [-0.2, -0.15) is 0 Å². The lowest BCUT2D eigenvalue weighted by Crippen LogP contribution is -2.80. The molecule has 5 rings (SSSR count). The summed E-state index contributed by atoms with van der Waals surface area (Å²) in [5.41, 5.74) is -1.38. The van der Waals surface area contributed by atoms with E-state index in [-0.39, 0.29) is 44.9 Å². The first-order valence-corrected chi connectivity index (χ1v) is 17.6. The summed E-state index contributed by atoms with van der Waals surface area (Å²) in [6.07, 6.45) is 4.08. The number of aliphatic hydroxyl groups excluding tert-OH is 1. The second kappa shape index (κ2) is 16.9. The molecule has 5 N–H and O–H groups in total. The van der Waals surface area contributed by atoms with Gasteiger partial charge in [0, 0.05) is 18.9 Å². The first kappa shape index (κ1) is 38.0. The maximum atomic E-state index is 13.1. The van der Waals surface area contributed by atoms with Gasteiger partial charge in [0.1, 0.15) is 25.3 Å². The number of carbonyl (C=O) groups excluding carboxylic acids is 6. The van der Waals surface area contributed by atoms with Crippen molar-refractivity contribution >= 4 is 35.8 Å². The second-order valence-corrected chi connectivity index (χ2v) is 13.6. The van der Waals surface area contributed by atoms with E-state index in [1.165, 1.54) is 6.92 Å². The Labute approximate surface area is 302 Å². The minimum absolute atomic E-state index is 0.00125. The maximum absolute atomic E-state index is 13.1. The van der Waals surface area contributed by atoms with E-state index in [9.17, 15) is 33.9 Å². The molecule has 278 valence electrons. The van der Waals surface area contributed by atoms with Gasteiger partial charge in [-0.25, -0.2) is 14.4 Å². The molecule has 14 heteroatoms. The quantitative estimate of drug-likeness (QED) is 0.0976. The molecule has 4 amide bonds. The van der Waals surface area contributed by atoms with Crippen molar-refractivity contribution in [2.75, 3.05) is 6.54 Å². The van der Waals surface area contributed by atoms with Crippen molar-refractivity contribution in [3.63, 3.8) is 0 Å². The molecule has 0 bridgehead atoms. The van der Waals surface area contributed by atoms with E-state index in [2.05, 4.69) is 21.3 Å². The number of carbonyl (C=O) groups is 6. The third-order valence-corrected chi connectivity index (χ3v) is 10.0. The lowest BCUT2D eigenvalue weighted by Gasteiger charge is -2.54. The average molecular weight is 719 g/mol. The van der Waals surface area contributed by atoms with E-state index in [0.717, 1.165) is 24.0 Å². The monoisotopic (exact) mass is 718 g/mol. The first-order valence-electron chi connectivity index (χ1n) is 17.6. The largest absolute Gasteiger partial charge is 0.459 e. The van der Waals surface area contributed by atoms with Crippen molar-refractivity contribution < 1.29 is 48.1 Å². The summed E-state index contributed by atoms with van der Waals surface area (Å²) in [5.74, 6) is -4.17. The van der Waals surface area contributed by atoms with Crippen LogP contribution < -0.4 is 21.3 Å². The van der Waals surface area contributed by atoms with E-state index in [1.54, 1.807) is 55.5 Å². The Morgan fingerprint density at radius 3 is 2.25 bits per heavy atom. The summed E-state index contributed by atoms with van der Waals surface area (Å²) >= 11 is 0. The predicted octanol–water partition coefficient (Wildman–Crippen LogP) is 2.33. The average Bonchev–Trinajstić information content (AvgIpc) is 3.33. The molecule has 1 aliphatic carbocycles. The number of alkyl carbamates (subject to hydrolysis) is 1. The smallest absolute Gasteiger partial charge is 0.408 e. The highest BCUT2D eigenvalue weighted by molar-refractivity contribution is 6.02. The van der Waals surface area contributed by atoms with Gasteiger partial charge in [0.25, 0.3) is 0 Å². The Hall–Kier alpha value is -5.24. The highest BCUT2D eigenvalue weighted by Gasteiger charge is 2.79. The number of aliphatic hydroxyl groups is 1. The highest BCUT2D eigenvalue weighted by atomic mass is 16.6. The summed E-state index contributed by atoms with van der Waals surface area (Å²) in [5, 5.41) is 21.8. The molecule has 52 heavy (non-hydrogen) atoms. The predicted molar refractivity (Wildman–Crippen MR) is 186 cm³/mol. The van der Waals surface area contributed by atoms with E-state index >= 15 is 0 Å². The molecule has 2 fully saturated rings. The van der Waals surface area contributed by atoms with E-state index in [0.29, 0.717) is 6.42 Å². The topological polar surface area (TPSA) is 198 Å². The van der Waals surface area contributed by atoms with Crippen molar-refractivity contribution in [2.45, 2.75) is 94.9 Å². The Balaban J connectivity index is 1.13. The molecule has 2 heterocycles. The van der Waals surface area contributed by atoms with Gasteiger partial charge in [-0.05, 0) is 57.1 Å². The summed E-state index contributed by atoms with van der Waals surface area (Å²) in [6, 6.07) is 15.6. The molecule has 0 spiro atoms. The number of benzene rings is 2. The molecule has 2 aliphatic heterocycles. The van der Waals surface area contributed by atoms with Crippen LogP contribution in [0.4, 0.5) is 4.79 Å². The third kappa shape index (κ3) is 8.44. The maximum Gasteiger partial charge on any atom is 0.408 e. The number of fused-ring (bicyclic) bond motifs is 1. The molecule has 0 aromatic heterocycles. The minimum atomic E-state index is -1.57. The molecular formula is C38H46N4O10. The lowest BCUT2D eigenvalue weighted by atomic mass is 9.64. The number of amides is 4. The van der Waals surface area contributed by atoms with Crippen LogP contribution in [0.25, 0.3) is 0 Å². The number of esters is 2. The minimum Gasteiger partial charge on any atom is -0.459 e. The van der Waals surface area contributed by atoms with Gasteiger partial charge in [0.15, 0.2) is 5.60 Å². The van der Waals surface area contributed by atoms with E-state index in [1.807, 2.05) is 24.3 Å². The molecule has 14 nitrogen and oxygen atoms in total. The third-order valence-electron chi connectivity index (χ3n) is 10.0. The van der Waals surface area contributed by atoms with Crippen molar-refractivity contribution in [2.24, 2.45) is 11.8 Å². The summed E-state index contributed by atoms with van der Waals surface area (Å²) in [6.45, 7) is 3.04. The van der Waals surface area contributed by atoms with Gasteiger partial charge in [-0.1, -0.05) is 72.8 Å². The van der Waals surface area contributed by atoms with Crippen LogP contribution in [0.15, 0.2) is 72.8 Å². The zero-order chi connectivity index (χ0) is 37.3. The summed E-state index contributed by atoms with van der Waals surface area (Å²) in [7, 11) is 0. The van der Waals surface area contributed by atoms with E-state index in [4.69, 9.17) is 14.2 Å². The van der Waals surface area contributed by atoms with E-state index < -0.39 is 71.0 Å². The van der Waals surface area contributed by atoms with Gasteiger partial charge < -0.3 is 40.6 Å². The van der Waals surface area contributed by atoms with Crippen LogP contribution >= 0.6 is 0 Å². The lowest BCUT2D eigenvalue weighted by molar-refractivity contribution is -0.238. The number of hydrogen-bond donors (Lipinski definition) is 5. The molecule has 2 aromatic carbocycles. The van der Waals surface area contributed by atoms with Crippen LogP contribution in [0.2, 0.25) is 0 Å². The molecule has 0 saturated carbocycles. The van der Waals surface area contributed by atoms with Crippen LogP contribution in [0, 0.1) is 11.8 Å². The van der Waals surface area contributed by atoms with Crippen LogP contribution in [0.3, 0.4) is 0 Å². The van der Waals surface area contributed by atoms with Crippen molar-refractivity contribution in [1.82, 2.24) is 21.3 Å². The Kier molecular flexibility index (Phi) is 12.3. The molecular weight excluding hydrogens is 672 g/mol. The van der Waals surface area contributed by atoms with Crippen molar-refractivity contribution in [3.8, 4) is 0 Å². The fraction of sp³-hybridized carbons (Fsp3) is 0.474. The molecule has 7 atom stereocenters. The number of rotatable bonds is 16. The normalized spacial score (nSPS) is 24.8. The number of ether oxygens (including phenoxy) is 3. The Bertz CT molecular complexity index is 1650. The fourth-order valence-electron chi connectivity index (χ4n) is 6.98. The van der Waals surface area contributed by atoms with Crippen LogP contribution in [0.1, 0.15) is 63.5 Å². The zero-order valence-corrected chi connectivity index (χ0v) is 29.3. The van der Waals surface area contributed by atoms with Crippen molar-refractivity contribution in [1.29, 1.82) is 0 Å². The second-order valence-electron chi connectivity index (χ2n) is 13.6. The molecule has 0 radical (unpaired) electrons. The molecule has 2 saturated heterocycles. The fourth-order valence-corrected chi connectivity index (χ4v) is 6.98. The van der Waals surface area contributed by atoms with Gasteiger partial charge in [-0.3, -0.25) is 14.4 Å². The summed E-state index contributed by atoms with van der Waals surface area (Å²) < 4.78 is 16.2. The van der Waals surface area contributed by atoms with Crippen molar-refractivity contribution in [3.05, 3.63) is 83.9 Å². The number of allylic oxidation sites excluding steroid dienone is 1. The van der Waals surface area contributed by atoms with Crippen LogP contribution in [0.5, 0.6) is 0 Å². The Morgan fingerprint density at radius 1 is 0.981 bits per heavy atom. The standard InChI is InChI=1S/C38H46N4O10/c1-24(40-36(49)51-23-26-14-8-4-9-15-26)32(45)41-29(34(47)50-22-25-12-6-3-7-13-25)18-19-30(43)39-21-20-28-33(46)42-38(35(48)52-37(28,38)2)31(44)27-16-10-5-11-17-27/h3-4,6-10,12-16,24,27-29,31,44H,5,11,17-23H2,1-2H3,(H,39,43)(H,40,49)(H,41,45)(H,42,46)/t24-,27+,28-,29+,31-,37-,38-/m0/s1. The zero-order valence-electron chi connectivity index (χ0n) is 29.3. The Morgan fingerprint density at radius 2 is 1.63 bits per heavy atom. The number of nitrogens with one attached hydrogen (secondary N) is 4. The van der Waals surface area contributed by atoms with Crippen LogP contribution in [-0.4, -0.2) is 76.7 Å². The summed E-state index contributed by atoms with van der Waals surface area (Å²) in [4.78, 5) is 77.4. The van der Waals surface area contributed by atoms with Gasteiger partial charge in [-0.15, -0.1) is 0 Å². The number of hydrogen-bond acceptors (Lipinski definition) is 10. The van der Waals surface area contributed by atoms with Crippen LogP contribution in [-0.2, 0) is 51.4 Å². The first-order chi connectivity index (χ1) is 24.9. The van der Waals surface area contributed by atoms with Gasteiger partial charge in [0.05, 0.1) is 12.0 Å². The SMILES string of the molecule is C[C@H](NC(=O)OCc1ccccc1)C(=O)N[C@H](CCC(=O)NCC[C@H]1C(=O)N[C@@]2([C@@H](O)[C@@H]3C=CCCC3)C(=O)O[C@@]12C)C(=O)OCc1ccccc1. The molecule has 2 aromatic rings. The van der Waals surface area contributed by atoms with Gasteiger partial charge >= 0.3 is 18.0 Å². The molecule has 0 unspecified atom stereocenters. The highest BCUT2D eigenvalue weighted by Crippen LogP contribution is 2.53. The molecule has 3 aliphatic rings.